The fourth-order valence-corrected chi connectivity index (χ4v) is 4.20. The fourth-order valence-electron chi connectivity index (χ4n) is 4.20. The zero-order valence-electron chi connectivity index (χ0n) is 18.5. The summed E-state index contributed by atoms with van der Waals surface area (Å²) in [4.78, 5) is 0. The normalized spacial score (nSPS) is 16.5. The summed E-state index contributed by atoms with van der Waals surface area (Å²) in [6, 6.07) is 11.6. The molecule has 2 atom stereocenters. The highest BCUT2D eigenvalue weighted by atomic mass is 19.1. The van der Waals surface area contributed by atoms with Crippen LogP contribution in [0.1, 0.15) is 36.5 Å². The second-order valence-corrected chi connectivity index (χ2v) is 8.72. The molecule has 32 heavy (non-hydrogen) atoms. The molecule has 0 unspecified atom stereocenters. The van der Waals surface area contributed by atoms with E-state index in [4.69, 9.17) is 0 Å². The van der Waals surface area contributed by atoms with Crippen molar-refractivity contribution < 1.29 is 13.9 Å². The van der Waals surface area contributed by atoms with Gasteiger partial charge in [-0.25, -0.2) is 8.78 Å². The standard InChI is InChI=1S/C25H30F2N4O/c1-3-17-5-4-6-19(9-17)25(7-8-25)28-15-24(32)23(30-22-14-29-31(2)16-22)12-18-10-20(26)13-21(27)11-18/h4-6,9-11,13-14,16,23-24,28,30,32H,3,7-8,12,15H2,1-2H3/t23-,24+/m0/s1. The van der Waals surface area contributed by atoms with E-state index in [9.17, 15) is 13.9 Å². The van der Waals surface area contributed by atoms with Gasteiger partial charge in [-0.05, 0) is 54.5 Å². The topological polar surface area (TPSA) is 62.1 Å². The second kappa shape index (κ2) is 9.38. The number of halogens is 2. The van der Waals surface area contributed by atoms with Crippen molar-refractivity contribution in [2.24, 2.45) is 7.05 Å². The highest BCUT2D eigenvalue weighted by Gasteiger charge is 2.44. The quantitative estimate of drug-likeness (QED) is 0.447. The summed E-state index contributed by atoms with van der Waals surface area (Å²) in [5.74, 6) is -1.25. The van der Waals surface area contributed by atoms with E-state index in [1.165, 1.54) is 23.3 Å². The maximum atomic E-state index is 13.7. The van der Waals surface area contributed by atoms with Gasteiger partial charge in [-0.15, -0.1) is 0 Å². The van der Waals surface area contributed by atoms with E-state index in [-0.39, 0.29) is 12.0 Å². The van der Waals surface area contributed by atoms with Crippen molar-refractivity contribution in [3.8, 4) is 0 Å². The largest absolute Gasteiger partial charge is 0.390 e. The Morgan fingerprint density at radius 2 is 1.88 bits per heavy atom. The van der Waals surface area contributed by atoms with E-state index in [1.807, 2.05) is 0 Å². The molecule has 0 bridgehead atoms. The smallest absolute Gasteiger partial charge is 0.126 e. The van der Waals surface area contributed by atoms with Crippen LogP contribution in [-0.2, 0) is 25.4 Å². The Balaban J connectivity index is 1.48. The van der Waals surface area contributed by atoms with Gasteiger partial charge in [0.1, 0.15) is 11.6 Å². The molecule has 2 aromatic carbocycles. The summed E-state index contributed by atoms with van der Waals surface area (Å²) < 4.78 is 29.1. The van der Waals surface area contributed by atoms with Crippen molar-refractivity contribution in [2.45, 2.75) is 50.3 Å². The van der Waals surface area contributed by atoms with E-state index < -0.39 is 23.8 Å². The van der Waals surface area contributed by atoms with Gasteiger partial charge in [0.25, 0.3) is 0 Å². The van der Waals surface area contributed by atoms with Crippen LogP contribution in [0.3, 0.4) is 0 Å². The molecule has 0 radical (unpaired) electrons. The van der Waals surface area contributed by atoms with Crippen molar-refractivity contribution in [1.82, 2.24) is 15.1 Å². The molecule has 1 aliphatic carbocycles. The first kappa shape index (κ1) is 22.4. The van der Waals surface area contributed by atoms with E-state index in [0.717, 1.165) is 31.0 Å². The van der Waals surface area contributed by atoms with Crippen LogP contribution in [-0.4, -0.2) is 33.6 Å². The lowest BCUT2D eigenvalue weighted by molar-refractivity contribution is 0.143. The highest BCUT2D eigenvalue weighted by Crippen LogP contribution is 2.45. The number of aromatic nitrogens is 2. The number of nitrogens with zero attached hydrogens (tertiary/aromatic N) is 2. The first-order chi connectivity index (χ1) is 15.4. The molecule has 0 aliphatic heterocycles. The van der Waals surface area contributed by atoms with E-state index >= 15 is 0 Å². The van der Waals surface area contributed by atoms with Gasteiger partial charge in [0.05, 0.1) is 24.0 Å². The average molecular weight is 441 g/mol. The molecule has 1 fully saturated rings. The zero-order valence-corrected chi connectivity index (χ0v) is 18.5. The summed E-state index contributed by atoms with van der Waals surface area (Å²) in [5.41, 5.74) is 3.65. The maximum absolute atomic E-state index is 13.7. The van der Waals surface area contributed by atoms with E-state index in [1.54, 1.807) is 24.1 Å². The van der Waals surface area contributed by atoms with Crippen LogP contribution in [0, 0.1) is 11.6 Å². The number of aliphatic hydroxyl groups is 1. The minimum Gasteiger partial charge on any atom is -0.390 e. The maximum Gasteiger partial charge on any atom is 0.126 e. The van der Waals surface area contributed by atoms with Crippen molar-refractivity contribution >= 4 is 5.69 Å². The van der Waals surface area contributed by atoms with Crippen LogP contribution in [0.4, 0.5) is 14.5 Å². The third-order valence-corrected chi connectivity index (χ3v) is 6.19. The third kappa shape index (κ3) is 5.34. The van der Waals surface area contributed by atoms with Crippen LogP contribution in [0.15, 0.2) is 54.9 Å². The summed E-state index contributed by atoms with van der Waals surface area (Å²) in [5, 5.41) is 22.1. The molecule has 1 aliphatic rings. The summed E-state index contributed by atoms with van der Waals surface area (Å²) in [7, 11) is 1.81. The van der Waals surface area contributed by atoms with Gasteiger partial charge < -0.3 is 15.7 Å². The molecular formula is C25H30F2N4O. The Kier molecular flexibility index (Phi) is 6.58. The molecule has 170 valence electrons. The number of aliphatic hydroxyl groups excluding tert-OH is 1. The molecule has 4 rings (SSSR count). The molecule has 0 spiro atoms. The van der Waals surface area contributed by atoms with Crippen molar-refractivity contribution in [1.29, 1.82) is 0 Å². The van der Waals surface area contributed by atoms with Gasteiger partial charge in [0, 0.05) is 31.4 Å². The summed E-state index contributed by atoms with van der Waals surface area (Å²) in [6.45, 7) is 2.49. The first-order valence-electron chi connectivity index (χ1n) is 11.1. The minimum absolute atomic E-state index is 0.115. The molecule has 1 heterocycles. The molecule has 0 amide bonds. The monoisotopic (exact) mass is 440 g/mol. The predicted molar refractivity (Wildman–Crippen MR) is 121 cm³/mol. The molecule has 7 heteroatoms. The first-order valence-corrected chi connectivity index (χ1v) is 11.1. The molecule has 3 aromatic rings. The average Bonchev–Trinajstić information content (AvgIpc) is 3.45. The highest BCUT2D eigenvalue weighted by molar-refractivity contribution is 5.40. The lowest BCUT2D eigenvalue weighted by atomic mass is 9.98. The van der Waals surface area contributed by atoms with Crippen molar-refractivity contribution in [2.75, 3.05) is 11.9 Å². The van der Waals surface area contributed by atoms with Gasteiger partial charge in [0.2, 0.25) is 0 Å². The Hall–Kier alpha value is -2.77. The molecule has 0 saturated heterocycles. The lowest BCUT2D eigenvalue weighted by Crippen LogP contribution is -2.45. The molecular weight excluding hydrogens is 410 g/mol. The van der Waals surface area contributed by atoms with Crippen LogP contribution in [0.2, 0.25) is 0 Å². The van der Waals surface area contributed by atoms with Crippen LogP contribution >= 0.6 is 0 Å². The Morgan fingerprint density at radius 3 is 2.50 bits per heavy atom. The Bertz CT molecular complexity index is 1040. The summed E-state index contributed by atoms with van der Waals surface area (Å²) >= 11 is 0. The molecule has 5 nitrogen and oxygen atoms in total. The van der Waals surface area contributed by atoms with Gasteiger partial charge in [-0.1, -0.05) is 31.2 Å². The SMILES string of the molecule is CCc1cccc(C2(NC[C@@H](O)[C@H](Cc3cc(F)cc(F)c3)Nc3cnn(C)c3)CC2)c1. The number of hydrogen-bond acceptors (Lipinski definition) is 4. The predicted octanol–water partition coefficient (Wildman–Crippen LogP) is 3.92. The van der Waals surface area contributed by atoms with Gasteiger partial charge in [-0.3, -0.25) is 4.68 Å². The number of aryl methyl sites for hydroxylation is 2. The summed E-state index contributed by atoms with van der Waals surface area (Å²) in [6.07, 6.45) is 5.97. The fraction of sp³-hybridized carbons (Fsp3) is 0.400. The van der Waals surface area contributed by atoms with E-state index in [2.05, 4.69) is 46.9 Å². The molecule has 1 aromatic heterocycles. The van der Waals surface area contributed by atoms with Gasteiger partial charge in [-0.2, -0.15) is 5.10 Å². The number of benzene rings is 2. The minimum atomic E-state index is -0.784. The lowest BCUT2D eigenvalue weighted by Gasteiger charge is -2.27. The number of rotatable bonds is 10. The number of nitrogens with one attached hydrogen (secondary N) is 2. The van der Waals surface area contributed by atoms with E-state index in [0.29, 0.717) is 12.1 Å². The van der Waals surface area contributed by atoms with Crippen molar-refractivity contribution in [3.05, 3.63) is 83.2 Å². The molecule has 1 saturated carbocycles. The van der Waals surface area contributed by atoms with Crippen LogP contribution < -0.4 is 10.6 Å². The third-order valence-electron chi connectivity index (χ3n) is 6.19. The van der Waals surface area contributed by atoms with Crippen LogP contribution in [0.25, 0.3) is 0 Å². The van der Waals surface area contributed by atoms with Gasteiger partial charge in [0.15, 0.2) is 0 Å². The Labute approximate surface area is 187 Å². The van der Waals surface area contributed by atoms with Crippen molar-refractivity contribution in [3.63, 3.8) is 0 Å². The van der Waals surface area contributed by atoms with Gasteiger partial charge >= 0.3 is 0 Å². The number of hydrogen-bond donors (Lipinski definition) is 3. The van der Waals surface area contributed by atoms with Crippen LogP contribution in [0.5, 0.6) is 0 Å². The Morgan fingerprint density at radius 1 is 1.12 bits per heavy atom. The zero-order chi connectivity index (χ0) is 22.7. The number of anilines is 1. The second-order valence-electron chi connectivity index (χ2n) is 8.72. The molecule has 3 N–H and O–H groups in total.